The number of rotatable bonds is 1. The minimum Gasteiger partial charge on any atom is -0.504 e. The Balaban J connectivity index is 1.67. The summed E-state index contributed by atoms with van der Waals surface area (Å²) in [6.45, 7) is 2.28. The van der Waals surface area contributed by atoms with E-state index < -0.39 is 0 Å². The number of phenols is 2. The topological polar surface area (TPSA) is 43.7 Å². The quantitative estimate of drug-likeness (QED) is 0.628. The summed E-state index contributed by atoms with van der Waals surface area (Å²) in [6, 6.07) is 10.8. The second-order valence-electron chi connectivity index (χ2n) is 5.38. The number of halogens is 1. The van der Waals surface area contributed by atoms with Crippen LogP contribution in [0.2, 0.25) is 5.02 Å². The van der Waals surface area contributed by atoms with Crippen molar-refractivity contribution in [2.75, 3.05) is 13.1 Å². The highest BCUT2D eigenvalue weighted by atomic mass is 35.5. The van der Waals surface area contributed by atoms with Gasteiger partial charge in [-0.15, -0.1) is 0 Å². The molecule has 3 rings (SSSR count). The molecule has 0 fully saturated rings. The van der Waals surface area contributed by atoms with Crippen molar-refractivity contribution >= 4 is 11.6 Å². The van der Waals surface area contributed by atoms with Crippen molar-refractivity contribution < 1.29 is 10.2 Å². The SMILES string of the molecule is Oc1cc2c(cc1O)CN(CC#Cc1cccc(Cl)c1)CC2. The van der Waals surface area contributed by atoms with E-state index in [0.717, 1.165) is 36.2 Å². The van der Waals surface area contributed by atoms with Crippen molar-refractivity contribution in [3.05, 3.63) is 58.1 Å². The van der Waals surface area contributed by atoms with Crippen LogP contribution in [-0.2, 0) is 13.0 Å². The maximum atomic E-state index is 9.60. The summed E-state index contributed by atoms with van der Waals surface area (Å²) >= 11 is 5.93. The fourth-order valence-electron chi connectivity index (χ4n) is 2.60. The van der Waals surface area contributed by atoms with Crippen LogP contribution in [0.15, 0.2) is 36.4 Å². The van der Waals surface area contributed by atoms with Crippen LogP contribution in [-0.4, -0.2) is 28.2 Å². The molecule has 2 N–H and O–H groups in total. The Labute approximate surface area is 134 Å². The van der Waals surface area contributed by atoms with E-state index >= 15 is 0 Å². The Bertz CT molecular complexity index is 761. The van der Waals surface area contributed by atoms with Gasteiger partial charge in [0, 0.05) is 23.7 Å². The lowest BCUT2D eigenvalue weighted by atomic mass is 9.99. The average molecular weight is 314 g/mol. The van der Waals surface area contributed by atoms with Crippen molar-refractivity contribution in [2.45, 2.75) is 13.0 Å². The van der Waals surface area contributed by atoms with Gasteiger partial charge in [-0.1, -0.05) is 29.5 Å². The van der Waals surface area contributed by atoms with Gasteiger partial charge in [0.25, 0.3) is 0 Å². The summed E-state index contributed by atoms with van der Waals surface area (Å²) in [5.74, 6) is 6.16. The highest BCUT2D eigenvalue weighted by Crippen LogP contribution is 2.31. The Morgan fingerprint density at radius 1 is 1.09 bits per heavy atom. The van der Waals surface area contributed by atoms with Gasteiger partial charge in [0.1, 0.15) is 0 Å². The molecule has 0 saturated heterocycles. The monoisotopic (exact) mass is 313 g/mol. The minimum atomic E-state index is -0.0642. The van der Waals surface area contributed by atoms with E-state index in [9.17, 15) is 10.2 Å². The van der Waals surface area contributed by atoms with E-state index in [0.29, 0.717) is 11.6 Å². The molecule has 4 heteroatoms. The molecule has 22 heavy (non-hydrogen) atoms. The van der Waals surface area contributed by atoms with Gasteiger partial charge in [-0.05, 0) is 47.9 Å². The lowest BCUT2D eigenvalue weighted by molar-refractivity contribution is 0.284. The van der Waals surface area contributed by atoms with Gasteiger partial charge in [0.05, 0.1) is 6.54 Å². The van der Waals surface area contributed by atoms with Crippen LogP contribution in [0.1, 0.15) is 16.7 Å². The summed E-state index contributed by atoms with van der Waals surface area (Å²) in [5.41, 5.74) is 3.05. The van der Waals surface area contributed by atoms with Gasteiger partial charge in [-0.2, -0.15) is 0 Å². The molecule has 112 valence electrons. The van der Waals surface area contributed by atoms with Gasteiger partial charge in [0.15, 0.2) is 11.5 Å². The summed E-state index contributed by atoms with van der Waals surface area (Å²) in [7, 11) is 0. The largest absolute Gasteiger partial charge is 0.504 e. The van der Waals surface area contributed by atoms with Gasteiger partial charge in [0.2, 0.25) is 0 Å². The number of nitrogens with zero attached hydrogens (tertiary/aromatic N) is 1. The fraction of sp³-hybridized carbons (Fsp3) is 0.222. The molecule has 0 atom stereocenters. The van der Waals surface area contributed by atoms with E-state index in [1.165, 1.54) is 0 Å². The lowest BCUT2D eigenvalue weighted by Gasteiger charge is -2.27. The molecule has 0 bridgehead atoms. The number of hydrogen-bond donors (Lipinski definition) is 2. The molecule has 0 radical (unpaired) electrons. The number of hydrogen-bond acceptors (Lipinski definition) is 3. The molecule has 1 heterocycles. The van der Waals surface area contributed by atoms with Crippen LogP contribution >= 0.6 is 11.6 Å². The van der Waals surface area contributed by atoms with Crippen molar-refractivity contribution in [1.29, 1.82) is 0 Å². The zero-order chi connectivity index (χ0) is 15.5. The molecule has 2 aromatic carbocycles. The Hall–Kier alpha value is -2.15. The molecule has 0 aliphatic carbocycles. The normalized spacial score (nSPS) is 14.0. The molecular weight excluding hydrogens is 298 g/mol. The van der Waals surface area contributed by atoms with Crippen molar-refractivity contribution in [2.24, 2.45) is 0 Å². The molecule has 3 nitrogen and oxygen atoms in total. The van der Waals surface area contributed by atoms with E-state index in [4.69, 9.17) is 11.6 Å². The molecule has 0 unspecified atom stereocenters. The first-order chi connectivity index (χ1) is 10.6. The maximum absolute atomic E-state index is 9.60. The lowest BCUT2D eigenvalue weighted by Crippen LogP contribution is -2.30. The first-order valence-corrected chi connectivity index (χ1v) is 7.50. The second kappa shape index (κ2) is 6.31. The third-order valence-electron chi connectivity index (χ3n) is 3.75. The predicted octanol–water partition coefficient (Wildman–Crippen LogP) is 3.16. The zero-order valence-electron chi connectivity index (χ0n) is 12.0. The van der Waals surface area contributed by atoms with Crippen LogP contribution in [0.5, 0.6) is 11.5 Å². The third-order valence-corrected chi connectivity index (χ3v) is 3.98. The highest BCUT2D eigenvalue weighted by Gasteiger charge is 2.17. The minimum absolute atomic E-state index is 0.0482. The van der Waals surface area contributed by atoms with Crippen molar-refractivity contribution in [3.8, 4) is 23.3 Å². The fourth-order valence-corrected chi connectivity index (χ4v) is 2.79. The van der Waals surface area contributed by atoms with Crippen molar-refractivity contribution in [3.63, 3.8) is 0 Å². The van der Waals surface area contributed by atoms with Crippen LogP contribution in [0.25, 0.3) is 0 Å². The standard InChI is InChI=1S/C18H16ClNO2/c19-16-5-1-3-13(9-16)4-2-7-20-8-6-14-10-17(21)18(22)11-15(14)12-20/h1,3,5,9-11,21-22H,6-8,12H2. The summed E-state index contributed by atoms with van der Waals surface area (Å²) in [5, 5.41) is 19.8. The number of fused-ring (bicyclic) bond motifs is 1. The van der Waals surface area contributed by atoms with Crippen LogP contribution in [0.3, 0.4) is 0 Å². The first kappa shape index (κ1) is 14.8. The summed E-state index contributed by atoms with van der Waals surface area (Å²) in [4.78, 5) is 2.22. The number of aromatic hydroxyl groups is 2. The van der Waals surface area contributed by atoms with Crippen molar-refractivity contribution in [1.82, 2.24) is 4.90 Å². The molecule has 0 aromatic heterocycles. The molecule has 0 amide bonds. The average Bonchev–Trinajstić information content (AvgIpc) is 2.49. The predicted molar refractivity (Wildman–Crippen MR) is 87.1 cm³/mol. The molecule has 1 aliphatic heterocycles. The smallest absolute Gasteiger partial charge is 0.157 e. The third kappa shape index (κ3) is 3.36. The summed E-state index contributed by atoms with van der Waals surface area (Å²) < 4.78 is 0. The highest BCUT2D eigenvalue weighted by molar-refractivity contribution is 6.30. The Morgan fingerprint density at radius 2 is 1.86 bits per heavy atom. The van der Waals surface area contributed by atoms with Gasteiger partial charge >= 0.3 is 0 Å². The molecule has 0 saturated carbocycles. The number of benzene rings is 2. The Kier molecular flexibility index (Phi) is 4.24. The molecular formula is C18H16ClNO2. The zero-order valence-corrected chi connectivity index (χ0v) is 12.8. The molecule has 1 aliphatic rings. The van der Waals surface area contributed by atoms with E-state index in [-0.39, 0.29) is 11.5 Å². The van der Waals surface area contributed by atoms with Crippen LogP contribution in [0.4, 0.5) is 0 Å². The molecule has 2 aromatic rings. The van der Waals surface area contributed by atoms with Crippen LogP contribution in [0, 0.1) is 11.8 Å². The second-order valence-corrected chi connectivity index (χ2v) is 5.82. The van der Waals surface area contributed by atoms with E-state index in [2.05, 4.69) is 16.7 Å². The van der Waals surface area contributed by atoms with E-state index in [1.54, 1.807) is 12.1 Å². The number of phenolic OH excluding ortho intramolecular Hbond substituents is 2. The molecule has 0 spiro atoms. The van der Waals surface area contributed by atoms with E-state index in [1.807, 2.05) is 24.3 Å². The maximum Gasteiger partial charge on any atom is 0.157 e. The van der Waals surface area contributed by atoms with Gasteiger partial charge in [-0.3, -0.25) is 4.90 Å². The van der Waals surface area contributed by atoms with Gasteiger partial charge in [-0.25, -0.2) is 0 Å². The van der Waals surface area contributed by atoms with Gasteiger partial charge < -0.3 is 10.2 Å². The van der Waals surface area contributed by atoms with Crippen LogP contribution < -0.4 is 0 Å². The Morgan fingerprint density at radius 3 is 2.64 bits per heavy atom. The summed E-state index contributed by atoms with van der Waals surface area (Å²) in [6.07, 6.45) is 0.849. The first-order valence-electron chi connectivity index (χ1n) is 7.12.